The minimum absolute atomic E-state index is 0.176. The van der Waals surface area contributed by atoms with Crippen molar-refractivity contribution < 1.29 is 9.90 Å². The number of amides is 1. The van der Waals surface area contributed by atoms with E-state index in [1.54, 1.807) is 6.92 Å². The Morgan fingerprint density at radius 2 is 1.96 bits per heavy atom. The van der Waals surface area contributed by atoms with Crippen LogP contribution in [0, 0.1) is 5.92 Å². The first-order valence-corrected chi connectivity index (χ1v) is 7.79. The van der Waals surface area contributed by atoms with Crippen LogP contribution >= 0.6 is 0 Å². The fraction of sp³-hybridized carbons (Fsp3) is 0.500. The summed E-state index contributed by atoms with van der Waals surface area (Å²) in [5.41, 5.74) is 0.853. The first kappa shape index (κ1) is 17.1. The molecule has 0 aliphatic rings. The highest BCUT2D eigenvalue weighted by Gasteiger charge is 2.19. The van der Waals surface area contributed by atoms with Crippen LogP contribution in [0.3, 0.4) is 0 Å². The average Bonchev–Trinajstić information content (AvgIpc) is 3.04. The van der Waals surface area contributed by atoms with Crippen molar-refractivity contribution in [2.45, 2.75) is 39.3 Å². The van der Waals surface area contributed by atoms with Gasteiger partial charge in [-0.2, -0.15) is 4.80 Å². The first-order chi connectivity index (χ1) is 11.0. The largest absolute Gasteiger partial charge is 0.393 e. The Bertz CT molecular complexity index is 626. The third kappa shape index (κ3) is 4.59. The molecule has 2 atom stereocenters. The van der Waals surface area contributed by atoms with E-state index >= 15 is 0 Å². The summed E-state index contributed by atoms with van der Waals surface area (Å²) in [5.74, 6) is 0.466. The van der Waals surface area contributed by atoms with Crippen molar-refractivity contribution in [3.63, 3.8) is 0 Å². The van der Waals surface area contributed by atoms with Crippen molar-refractivity contribution in [2.24, 2.45) is 5.92 Å². The summed E-state index contributed by atoms with van der Waals surface area (Å²) in [6.07, 6.45) is 0.107. The summed E-state index contributed by atoms with van der Waals surface area (Å²) in [7, 11) is 0. The van der Waals surface area contributed by atoms with Gasteiger partial charge in [0.15, 0.2) is 0 Å². The lowest BCUT2D eigenvalue weighted by molar-refractivity contribution is -0.124. The second kappa shape index (κ2) is 7.82. The van der Waals surface area contributed by atoms with E-state index in [4.69, 9.17) is 0 Å². The van der Waals surface area contributed by atoms with Gasteiger partial charge in [-0.3, -0.25) is 4.79 Å². The number of aromatic nitrogens is 4. The SMILES string of the molecule is CC(C)C(O)CCNC(=O)C(C)n1nnc(-c2ccccc2)n1. The van der Waals surface area contributed by atoms with E-state index in [0.29, 0.717) is 18.8 Å². The number of aliphatic hydroxyl groups excluding tert-OH is 1. The van der Waals surface area contributed by atoms with Crippen LogP contribution in [-0.4, -0.2) is 43.9 Å². The Labute approximate surface area is 135 Å². The van der Waals surface area contributed by atoms with Crippen molar-refractivity contribution in [3.8, 4) is 11.4 Å². The van der Waals surface area contributed by atoms with E-state index in [1.165, 1.54) is 4.80 Å². The number of aliphatic hydroxyl groups is 1. The van der Waals surface area contributed by atoms with E-state index in [9.17, 15) is 9.90 Å². The molecular formula is C16H23N5O2. The molecule has 2 rings (SSSR count). The quantitative estimate of drug-likeness (QED) is 0.805. The summed E-state index contributed by atoms with van der Waals surface area (Å²) in [6.45, 7) is 6.02. The molecule has 23 heavy (non-hydrogen) atoms. The highest BCUT2D eigenvalue weighted by Crippen LogP contribution is 2.13. The maximum atomic E-state index is 12.1. The number of hydrogen-bond acceptors (Lipinski definition) is 5. The minimum atomic E-state index is -0.559. The van der Waals surface area contributed by atoms with Gasteiger partial charge >= 0.3 is 0 Å². The van der Waals surface area contributed by atoms with Crippen molar-refractivity contribution in [1.29, 1.82) is 0 Å². The number of carbonyl (C=O) groups is 1. The predicted molar refractivity (Wildman–Crippen MR) is 86.4 cm³/mol. The van der Waals surface area contributed by atoms with Gasteiger partial charge in [0.05, 0.1) is 6.10 Å². The van der Waals surface area contributed by atoms with Gasteiger partial charge in [-0.1, -0.05) is 44.2 Å². The van der Waals surface area contributed by atoms with Crippen molar-refractivity contribution in [1.82, 2.24) is 25.5 Å². The van der Waals surface area contributed by atoms with Crippen LogP contribution < -0.4 is 5.32 Å². The van der Waals surface area contributed by atoms with Crippen LogP contribution in [0.5, 0.6) is 0 Å². The average molecular weight is 317 g/mol. The predicted octanol–water partition coefficient (Wildman–Crippen LogP) is 1.42. The molecule has 1 heterocycles. The Morgan fingerprint density at radius 1 is 1.26 bits per heavy atom. The Morgan fingerprint density at radius 3 is 2.61 bits per heavy atom. The molecular weight excluding hydrogens is 294 g/mol. The number of rotatable bonds is 7. The Hall–Kier alpha value is -2.28. The molecule has 1 amide bonds. The van der Waals surface area contributed by atoms with Gasteiger partial charge in [0.2, 0.25) is 11.7 Å². The molecule has 0 radical (unpaired) electrons. The summed E-state index contributed by atoms with van der Waals surface area (Å²) in [5, 5.41) is 24.7. The molecule has 2 unspecified atom stereocenters. The lowest BCUT2D eigenvalue weighted by atomic mass is 10.0. The summed E-state index contributed by atoms with van der Waals surface area (Å²) >= 11 is 0. The molecule has 0 bridgehead atoms. The van der Waals surface area contributed by atoms with E-state index < -0.39 is 12.1 Å². The molecule has 124 valence electrons. The van der Waals surface area contributed by atoms with Gasteiger partial charge in [-0.15, -0.1) is 10.2 Å². The third-order valence-electron chi connectivity index (χ3n) is 3.69. The monoisotopic (exact) mass is 317 g/mol. The van der Waals surface area contributed by atoms with Gasteiger partial charge in [0.1, 0.15) is 6.04 Å². The molecule has 0 aliphatic heterocycles. The fourth-order valence-corrected chi connectivity index (χ4v) is 2.02. The van der Waals surface area contributed by atoms with Gasteiger partial charge < -0.3 is 10.4 Å². The molecule has 0 fully saturated rings. The minimum Gasteiger partial charge on any atom is -0.393 e. The van der Waals surface area contributed by atoms with E-state index in [1.807, 2.05) is 44.2 Å². The second-order valence-corrected chi connectivity index (χ2v) is 5.87. The molecule has 1 aromatic heterocycles. The van der Waals surface area contributed by atoms with Gasteiger partial charge in [0.25, 0.3) is 0 Å². The highest BCUT2D eigenvalue weighted by atomic mass is 16.3. The van der Waals surface area contributed by atoms with Crippen LogP contribution in [0.1, 0.15) is 33.2 Å². The number of carbonyl (C=O) groups excluding carboxylic acids is 1. The van der Waals surface area contributed by atoms with Crippen LogP contribution in [0.4, 0.5) is 0 Å². The zero-order valence-electron chi connectivity index (χ0n) is 13.7. The zero-order chi connectivity index (χ0) is 16.8. The van der Waals surface area contributed by atoms with Gasteiger partial charge in [0, 0.05) is 12.1 Å². The summed E-state index contributed by atoms with van der Waals surface area (Å²) in [6, 6.07) is 8.92. The lowest BCUT2D eigenvalue weighted by Gasteiger charge is -2.15. The topological polar surface area (TPSA) is 92.9 Å². The fourth-order valence-electron chi connectivity index (χ4n) is 2.02. The summed E-state index contributed by atoms with van der Waals surface area (Å²) in [4.78, 5) is 13.4. The molecule has 2 N–H and O–H groups in total. The smallest absolute Gasteiger partial charge is 0.246 e. The van der Waals surface area contributed by atoms with Crippen LogP contribution in [0.2, 0.25) is 0 Å². The molecule has 0 saturated carbocycles. The Kier molecular flexibility index (Phi) is 5.81. The zero-order valence-corrected chi connectivity index (χ0v) is 13.7. The van der Waals surface area contributed by atoms with E-state index in [-0.39, 0.29) is 11.8 Å². The van der Waals surface area contributed by atoms with Gasteiger partial charge in [-0.05, 0) is 24.5 Å². The molecule has 7 nitrogen and oxygen atoms in total. The van der Waals surface area contributed by atoms with Crippen molar-refractivity contribution in [3.05, 3.63) is 30.3 Å². The molecule has 7 heteroatoms. The second-order valence-electron chi connectivity index (χ2n) is 5.87. The van der Waals surface area contributed by atoms with E-state index in [2.05, 4.69) is 20.7 Å². The number of nitrogens with one attached hydrogen (secondary N) is 1. The highest BCUT2D eigenvalue weighted by molar-refractivity contribution is 5.79. The van der Waals surface area contributed by atoms with Crippen LogP contribution in [0.25, 0.3) is 11.4 Å². The maximum Gasteiger partial charge on any atom is 0.246 e. The molecule has 0 aliphatic carbocycles. The van der Waals surface area contributed by atoms with Crippen molar-refractivity contribution >= 4 is 5.91 Å². The summed E-state index contributed by atoms with van der Waals surface area (Å²) < 4.78 is 0. The van der Waals surface area contributed by atoms with Crippen molar-refractivity contribution in [2.75, 3.05) is 6.54 Å². The molecule has 1 aromatic carbocycles. The van der Waals surface area contributed by atoms with Crippen LogP contribution in [0.15, 0.2) is 30.3 Å². The standard InChI is InChI=1S/C16H23N5O2/c1-11(2)14(22)9-10-17-16(23)12(3)21-19-15(18-20-21)13-7-5-4-6-8-13/h4-8,11-12,14,22H,9-10H2,1-3H3,(H,17,23). The third-order valence-corrected chi connectivity index (χ3v) is 3.69. The lowest BCUT2D eigenvalue weighted by Crippen LogP contribution is -2.34. The van der Waals surface area contributed by atoms with Crippen LogP contribution in [-0.2, 0) is 4.79 Å². The normalized spacial score (nSPS) is 13.8. The molecule has 0 saturated heterocycles. The number of tetrazole rings is 1. The molecule has 0 spiro atoms. The van der Waals surface area contributed by atoms with Gasteiger partial charge in [-0.25, -0.2) is 0 Å². The van der Waals surface area contributed by atoms with E-state index in [0.717, 1.165) is 5.56 Å². The Balaban J connectivity index is 1.91. The maximum absolute atomic E-state index is 12.1. The molecule has 2 aromatic rings. The number of hydrogen-bond donors (Lipinski definition) is 2. The first-order valence-electron chi connectivity index (χ1n) is 7.79. The number of nitrogens with zero attached hydrogens (tertiary/aromatic N) is 4. The number of benzene rings is 1.